The Morgan fingerprint density at radius 3 is 2.39 bits per heavy atom. The average molecular weight is 350 g/mol. The molecular formula is C15H12ClN3O3S. The number of nitrogens with zero attached hydrogens (tertiary/aromatic N) is 1. The van der Waals surface area contributed by atoms with Crippen LogP contribution in [0.5, 0.6) is 0 Å². The van der Waals surface area contributed by atoms with E-state index in [4.69, 9.17) is 16.9 Å². The summed E-state index contributed by atoms with van der Waals surface area (Å²) in [5, 5.41) is 11.5. The molecule has 8 heteroatoms. The second kappa shape index (κ2) is 6.69. The summed E-state index contributed by atoms with van der Waals surface area (Å²) < 4.78 is 27.0. The zero-order valence-electron chi connectivity index (χ0n) is 12.0. The van der Waals surface area contributed by atoms with Gasteiger partial charge in [0, 0.05) is 6.92 Å². The van der Waals surface area contributed by atoms with Crippen LogP contribution in [0, 0.1) is 11.3 Å². The highest BCUT2D eigenvalue weighted by molar-refractivity contribution is 7.92. The Hall–Kier alpha value is -2.56. The molecule has 0 bridgehead atoms. The summed E-state index contributed by atoms with van der Waals surface area (Å²) in [7, 11) is -3.81. The molecule has 0 spiro atoms. The first-order valence-corrected chi connectivity index (χ1v) is 8.28. The van der Waals surface area contributed by atoms with E-state index in [1.807, 2.05) is 6.07 Å². The fourth-order valence-corrected chi connectivity index (χ4v) is 3.01. The predicted molar refractivity (Wildman–Crippen MR) is 87.7 cm³/mol. The molecule has 0 atom stereocenters. The number of rotatable bonds is 4. The van der Waals surface area contributed by atoms with Gasteiger partial charge >= 0.3 is 0 Å². The second-order valence-corrected chi connectivity index (χ2v) is 6.71. The lowest BCUT2D eigenvalue weighted by atomic mass is 10.2. The highest BCUT2D eigenvalue weighted by atomic mass is 35.5. The van der Waals surface area contributed by atoms with Crippen LogP contribution in [-0.2, 0) is 14.8 Å². The third kappa shape index (κ3) is 4.22. The van der Waals surface area contributed by atoms with Gasteiger partial charge in [-0.3, -0.25) is 9.52 Å². The fourth-order valence-electron chi connectivity index (χ4n) is 1.80. The molecule has 23 heavy (non-hydrogen) atoms. The van der Waals surface area contributed by atoms with Gasteiger partial charge in [0.2, 0.25) is 5.91 Å². The Kier molecular flexibility index (Phi) is 4.89. The van der Waals surface area contributed by atoms with Crippen LogP contribution in [0.3, 0.4) is 0 Å². The highest BCUT2D eigenvalue weighted by Crippen LogP contribution is 2.27. The fraction of sp³-hybridized carbons (Fsp3) is 0.0667. The minimum Gasteiger partial charge on any atom is -0.325 e. The molecule has 2 N–H and O–H groups in total. The number of amides is 1. The lowest BCUT2D eigenvalue weighted by Gasteiger charge is -2.11. The van der Waals surface area contributed by atoms with Crippen LogP contribution in [-0.4, -0.2) is 14.3 Å². The molecule has 0 aromatic heterocycles. The monoisotopic (exact) mass is 349 g/mol. The van der Waals surface area contributed by atoms with Crippen molar-refractivity contribution >= 4 is 38.9 Å². The Labute approximate surface area is 138 Å². The van der Waals surface area contributed by atoms with E-state index in [2.05, 4.69) is 10.0 Å². The summed E-state index contributed by atoms with van der Waals surface area (Å²) in [6.45, 7) is 1.32. The normalized spacial score (nSPS) is 10.7. The topological polar surface area (TPSA) is 99.1 Å². The second-order valence-electron chi connectivity index (χ2n) is 4.62. The number of nitriles is 1. The quantitative estimate of drug-likeness (QED) is 0.886. The molecule has 2 aromatic rings. The van der Waals surface area contributed by atoms with Crippen molar-refractivity contribution in [2.45, 2.75) is 11.8 Å². The molecule has 2 aromatic carbocycles. The van der Waals surface area contributed by atoms with Crippen molar-refractivity contribution in [2.75, 3.05) is 10.0 Å². The zero-order chi connectivity index (χ0) is 17.0. The molecule has 0 aliphatic carbocycles. The summed E-state index contributed by atoms with van der Waals surface area (Å²) in [6, 6.07) is 11.8. The zero-order valence-corrected chi connectivity index (χ0v) is 13.6. The lowest BCUT2D eigenvalue weighted by Crippen LogP contribution is -2.13. The van der Waals surface area contributed by atoms with E-state index >= 15 is 0 Å². The molecule has 0 heterocycles. The Morgan fingerprint density at radius 2 is 1.83 bits per heavy atom. The van der Waals surface area contributed by atoms with Crippen molar-refractivity contribution in [3.8, 4) is 6.07 Å². The number of carbonyl (C=O) groups is 1. The standard InChI is InChI=1S/C15H12ClN3O3S/c1-10(20)18-15-8-12(4-7-14(15)16)19-23(21,22)13-5-2-11(9-17)3-6-13/h2-8,19H,1H3,(H,18,20). The number of hydrogen-bond acceptors (Lipinski definition) is 4. The van der Waals surface area contributed by atoms with Crippen LogP contribution < -0.4 is 10.0 Å². The van der Waals surface area contributed by atoms with Crippen LogP contribution in [0.2, 0.25) is 5.02 Å². The molecule has 6 nitrogen and oxygen atoms in total. The lowest BCUT2D eigenvalue weighted by molar-refractivity contribution is -0.114. The van der Waals surface area contributed by atoms with E-state index in [-0.39, 0.29) is 16.5 Å². The number of benzene rings is 2. The Balaban J connectivity index is 2.29. The average Bonchev–Trinajstić information content (AvgIpc) is 2.50. The van der Waals surface area contributed by atoms with Crippen LogP contribution in [0.1, 0.15) is 12.5 Å². The molecule has 0 fully saturated rings. The maximum absolute atomic E-state index is 12.3. The smallest absolute Gasteiger partial charge is 0.261 e. The van der Waals surface area contributed by atoms with Crippen molar-refractivity contribution in [2.24, 2.45) is 0 Å². The van der Waals surface area contributed by atoms with Gasteiger partial charge in [0.05, 0.1) is 32.9 Å². The van der Waals surface area contributed by atoms with Gasteiger partial charge in [-0.05, 0) is 42.5 Å². The van der Waals surface area contributed by atoms with E-state index in [0.29, 0.717) is 16.3 Å². The molecule has 0 saturated heterocycles. The van der Waals surface area contributed by atoms with Crippen LogP contribution in [0.4, 0.5) is 11.4 Å². The van der Waals surface area contributed by atoms with Crippen LogP contribution in [0.15, 0.2) is 47.4 Å². The van der Waals surface area contributed by atoms with E-state index in [1.165, 1.54) is 49.4 Å². The first kappa shape index (κ1) is 16.8. The summed E-state index contributed by atoms with van der Waals surface area (Å²) in [5.74, 6) is -0.320. The number of sulfonamides is 1. The molecular weight excluding hydrogens is 338 g/mol. The molecule has 1 amide bonds. The molecule has 0 aliphatic rings. The van der Waals surface area contributed by atoms with Gasteiger partial charge in [0.25, 0.3) is 10.0 Å². The Bertz CT molecular complexity index is 887. The van der Waals surface area contributed by atoms with Crippen molar-refractivity contribution in [1.82, 2.24) is 0 Å². The predicted octanol–water partition coefficient (Wildman–Crippen LogP) is 2.97. The van der Waals surface area contributed by atoms with Gasteiger partial charge in [-0.25, -0.2) is 8.42 Å². The van der Waals surface area contributed by atoms with E-state index < -0.39 is 10.0 Å². The van der Waals surface area contributed by atoms with E-state index in [9.17, 15) is 13.2 Å². The van der Waals surface area contributed by atoms with Crippen molar-refractivity contribution < 1.29 is 13.2 Å². The van der Waals surface area contributed by atoms with Gasteiger partial charge in [-0.1, -0.05) is 11.6 Å². The SMILES string of the molecule is CC(=O)Nc1cc(NS(=O)(=O)c2ccc(C#N)cc2)ccc1Cl. The summed E-state index contributed by atoms with van der Waals surface area (Å²) in [5.41, 5.74) is 0.921. The summed E-state index contributed by atoms with van der Waals surface area (Å²) in [4.78, 5) is 11.1. The first-order chi connectivity index (χ1) is 10.8. The minimum atomic E-state index is -3.81. The molecule has 0 saturated carbocycles. The van der Waals surface area contributed by atoms with Crippen LogP contribution >= 0.6 is 11.6 Å². The van der Waals surface area contributed by atoms with Gasteiger partial charge in [-0.15, -0.1) is 0 Å². The molecule has 2 rings (SSSR count). The van der Waals surface area contributed by atoms with Crippen molar-refractivity contribution in [3.63, 3.8) is 0 Å². The highest BCUT2D eigenvalue weighted by Gasteiger charge is 2.15. The third-order valence-electron chi connectivity index (χ3n) is 2.82. The Morgan fingerprint density at radius 1 is 1.17 bits per heavy atom. The summed E-state index contributed by atoms with van der Waals surface area (Å²) >= 11 is 5.94. The molecule has 118 valence electrons. The van der Waals surface area contributed by atoms with Crippen molar-refractivity contribution in [1.29, 1.82) is 5.26 Å². The number of carbonyl (C=O) groups excluding carboxylic acids is 1. The van der Waals surface area contributed by atoms with E-state index in [1.54, 1.807) is 0 Å². The number of anilines is 2. The number of hydrogen-bond donors (Lipinski definition) is 2. The van der Waals surface area contributed by atoms with Gasteiger partial charge < -0.3 is 5.32 Å². The molecule has 0 radical (unpaired) electrons. The number of halogens is 1. The molecule has 0 aliphatic heterocycles. The maximum atomic E-state index is 12.3. The number of nitrogens with one attached hydrogen (secondary N) is 2. The first-order valence-electron chi connectivity index (χ1n) is 6.42. The van der Waals surface area contributed by atoms with E-state index in [0.717, 1.165) is 0 Å². The van der Waals surface area contributed by atoms with Gasteiger partial charge in [-0.2, -0.15) is 5.26 Å². The third-order valence-corrected chi connectivity index (χ3v) is 4.55. The minimum absolute atomic E-state index is 0.0209. The van der Waals surface area contributed by atoms with Gasteiger partial charge in [0.15, 0.2) is 0 Å². The summed E-state index contributed by atoms with van der Waals surface area (Å²) in [6.07, 6.45) is 0. The van der Waals surface area contributed by atoms with Crippen LogP contribution in [0.25, 0.3) is 0 Å². The molecule has 0 unspecified atom stereocenters. The van der Waals surface area contributed by atoms with Gasteiger partial charge in [0.1, 0.15) is 0 Å². The van der Waals surface area contributed by atoms with Crippen molar-refractivity contribution in [3.05, 3.63) is 53.1 Å². The largest absolute Gasteiger partial charge is 0.325 e. The maximum Gasteiger partial charge on any atom is 0.261 e.